The number of aromatic nitrogens is 3. The molecule has 3 aromatic rings. The number of aryl methyl sites for hydroxylation is 2. The first-order chi connectivity index (χ1) is 14.2. The quantitative estimate of drug-likeness (QED) is 0.379. The van der Waals surface area contributed by atoms with E-state index in [1.165, 1.54) is 4.68 Å². The zero-order valence-corrected chi connectivity index (χ0v) is 18.5. The summed E-state index contributed by atoms with van der Waals surface area (Å²) >= 11 is 4.04. The van der Waals surface area contributed by atoms with Crippen LogP contribution in [0, 0.1) is 25.5 Å². The van der Waals surface area contributed by atoms with E-state index < -0.39 is 17.5 Å². The normalized spacial score (nSPS) is 10.8. The van der Waals surface area contributed by atoms with E-state index in [9.17, 15) is 13.6 Å². The molecule has 11 heteroatoms. The molecule has 0 saturated heterocycles. The predicted molar refractivity (Wildman–Crippen MR) is 114 cm³/mol. The Hall–Kier alpha value is -2.66. The van der Waals surface area contributed by atoms with E-state index in [0.29, 0.717) is 22.8 Å². The van der Waals surface area contributed by atoms with Crippen LogP contribution in [0.15, 0.2) is 40.0 Å². The number of rotatable bonds is 7. The minimum atomic E-state index is -0.881. The molecule has 0 unspecified atom stereocenters. The molecule has 0 aliphatic heterocycles. The molecule has 0 saturated carbocycles. The van der Waals surface area contributed by atoms with Crippen LogP contribution in [-0.2, 0) is 11.4 Å². The maximum Gasteiger partial charge on any atom is 0.234 e. The molecular weight excluding hydrogens is 480 g/mol. The van der Waals surface area contributed by atoms with Crippen LogP contribution in [-0.4, -0.2) is 26.5 Å². The fourth-order valence-electron chi connectivity index (χ4n) is 2.64. The standard InChI is InChI=1S/C19H18BrF2N5O2S/c1-10-3-11(2)5-13(4-10)29-8-16-25-26-19(27(16)23)30-9-17(28)24-18-14(20)6-12(21)7-15(18)22/h3-7H,8-9,23H2,1-2H3,(H,24,28). The Morgan fingerprint density at radius 2 is 1.90 bits per heavy atom. The summed E-state index contributed by atoms with van der Waals surface area (Å²) in [6, 6.07) is 7.58. The van der Waals surface area contributed by atoms with E-state index in [1.54, 1.807) is 0 Å². The molecule has 0 fully saturated rings. The third kappa shape index (κ3) is 5.48. The van der Waals surface area contributed by atoms with Crippen LogP contribution in [0.3, 0.4) is 0 Å². The highest BCUT2D eigenvalue weighted by Crippen LogP contribution is 2.27. The Kier molecular flexibility index (Phi) is 6.93. The van der Waals surface area contributed by atoms with E-state index >= 15 is 0 Å². The SMILES string of the molecule is Cc1cc(C)cc(OCc2nnc(SCC(=O)Nc3c(F)cc(F)cc3Br)n2N)c1. The Labute approximate surface area is 184 Å². The first-order valence-corrected chi connectivity index (χ1v) is 10.5. The average Bonchev–Trinajstić information content (AvgIpc) is 3.00. The highest BCUT2D eigenvalue weighted by molar-refractivity contribution is 9.10. The first kappa shape index (κ1) is 22.0. The Bertz CT molecular complexity index is 1050. The smallest absolute Gasteiger partial charge is 0.234 e. The molecule has 30 heavy (non-hydrogen) atoms. The minimum Gasteiger partial charge on any atom is -0.486 e. The van der Waals surface area contributed by atoms with Crippen LogP contribution >= 0.6 is 27.7 Å². The first-order valence-electron chi connectivity index (χ1n) is 8.70. The van der Waals surface area contributed by atoms with Gasteiger partial charge in [-0.25, -0.2) is 13.5 Å². The van der Waals surface area contributed by atoms with Crippen molar-refractivity contribution in [1.82, 2.24) is 14.9 Å². The molecule has 7 nitrogen and oxygen atoms in total. The summed E-state index contributed by atoms with van der Waals surface area (Å²) < 4.78 is 34.0. The number of hydrogen-bond donors (Lipinski definition) is 2. The monoisotopic (exact) mass is 497 g/mol. The molecule has 3 rings (SSSR count). The number of benzene rings is 2. The maximum absolute atomic E-state index is 13.8. The van der Waals surface area contributed by atoms with Gasteiger partial charge in [0.05, 0.1) is 11.4 Å². The van der Waals surface area contributed by atoms with Gasteiger partial charge in [-0.2, -0.15) is 0 Å². The summed E-state index contributed by atoms with van der Waals surface area (Å²) in [6.45, 7) is 4.05. The zero-order chi connectivity index (χ0) is 21.8. The number of nitrogens with zero attached hydrogens (tertiary/aromatic N) is 3. The van der Waals surface area contributed by atoms with Crippen molar-refractivity contribution in [2.75, 3.05) is 16.9 Å². The van der Waals surface area contributed by atoms with Crippen molar-refractivity contribution >= 4 is 39.3 Å². The summed E-state index contributed by atoms with van der Waals surface area (Å²) in [7, 11) is 0. The van der Waals surface area contributed by atoms with E-state index in [-0.39, 0.29) is 22.5 Å². The molecule has 0 aliphatic rings. The van der Waals surface area contributed by atoms with E-state index in [0.717, 1.165) is 29.0 Å². The van der Waals surface area contributed by atoms with Crippen LogP contribution in [0.5, 0.6) is 5.75 Å². The molecule has 0 atom stereocenters. The van der Waals surface area contributed by atoms with Crippen molar-refractivity contribution in [1.29, 1.82) is 0 Å². The number of carbonyl (C=O) groups is 1. The van der Waals surface area contributed by atoms with Crippen LogP contribution in [0.1, 0.15) is 17.0 Å². The van der Waals surface area contributed by atoms with Gasteiger partial charge in [0.25, 0.3) is 0 Å². The average molecular weight is 498 g/mol. The minimum absolute atomic E-state index is 0.101. The fraction of sp³-hybridized carbons (Fsp3) is 0.211. The Morgan fingerprint density at radius 1 is 1.20 bits per heavy atom. The third-order valence-corrected chi connectivity index (χ3v) is 5.47. The summed E-state index contributed by atoms with van der Waals surface area (Å²) in [5, 5.41) is 10.6. The molecule has 2 aromatic carbocycles. The van der Waals surface area contributed by atoms with Crippen molar-refractivity contribution in [2.45, 2.75) is 25.6 Å². The highest BCUT2D eigenvalue weighted by Gasteiger charge is 2.16. The molecule has 0 radical (unpaired) electrons. The summed E-state index contributed by atoms with van der Waals surface area (Å²) in [4.78, 5) is 12.1. The maximum atomic E-state index is 13.8. The van der Waals surface area contributed by atoms with Gasteiger partial charge in [0.15, 0.2) is 11.6 Å². The van der Waals surface area contributed by atoms with Gasteiger partial charge < -0.3 is 15.9 Å². The summed E-state index contributed by atoms with van der Waals surface area (Å²) in [6.07, 6.45) is 0. The second-order valence-corrected chi connectivity index (χ2v) is 8.26. The third-order valence-electron chi connectivity index (χ3n) is 3.90. The molecular formula is C19H18BrF2N5O2S. The van der Waals surface area contributed by atoms with Crippen molar-refractivity contribution < 1.29 is 18.3 Å². The van der Waals surface area contributed by atoms with Crippen LogP contribution in [0.2, 0.25) is 0 Å². The number of nitrogens with one attached hydrogen (secondary N) is 1. The van der Waals surface area contributed by atoms with Gasteiger partial charge in [-0.1, -0.05) is 17.8 Å². The van der Waals surface area contributed by atoms with Gasteiger partial charge in [-0.05, 0) is 59.1 Å². The molecule has 0 spiro atoms. The van der Waals surface area contributed by atoms with Gasteiger partial charge >= 0.3 is 0 Å². The van der Waals surface area contributed by atoms with Gasteiger partial charge in [-0.3, -0.25) is 4.79 Å². The van der Waals surface area contributed by atoms with E-state index in [4.69, 9.17) is 10.6 Å². The van der Waals surface area contributed by atoms with Gasteiger partial charge in [0.1, 0.15) is 18.2 Å². The van der Waals surface area contributed by atoms with Gasteiger partial charge in [0, 0.05) is 10.5 Å². The molecule has 1 aromatic heterocycles. The number of nitrogen functional groups attached to an aromatic ring is 1. The number of thioether (sulfide) groups is 1. The lowest BCUT2D eigenvalue weighted by atomic mass is 10.1. The Morgan fingerprint density at radius 3 is 2.57 bits per heavy atom. The fourth-order valence-corrected chi connectivity index (χ4v) is 3.82. The lowest BCUT2D eigenvalue weighted by Gasteiger charge is -2.09. The topological polar surface area (TPSA) is 95.1 Å². The van der Waals surface area contributed by atoms with E-state index in [1.807, 2.05) is 32.0 Å². The van der Waals surface area contributed by atoms with Crippen LogP contribution in [0.4, 0.5) is 14.5 Å². The van der Waals surface area contributed by atoms with Crippen molar-refractivity contribution in [3.05, 3.63) is 63.4 Å². The van der Waals surface area contributed by atoms with Crippen molar-refractivity contribution in [3.8, 4) is 5.75 Å². The number of nitrogens with two attached hydrogens (primary N) is 1. The molecule has 0 aliphatic carbocycles. The number of anilines is 1. The Balaban J connectivity index is 1.58. The molecule has 3 N–H and O–H groups in total. The number of amides is 1. The molecule has 158 valence electrons. The number of hydrogen-bond acceptors (Lipinski definition) is 6. The van der Waals surface area contributed by atoms with Crippen molar-refractivity contribution in [3.63, 3.8) is 0 Å². The molecule has 0 bridgehead atoms. The predicted octanol–water partition coefficient (Wildman–Crippen LogP) is 3.96. The molecule has 1 heterocycles. The number of carbonyl (C=O) groups excluding carboxylic acids is 1. The van der Waals surface area contributed by atoms with Gasteiger partial charge in [-0.15, -0.1) is 10.2 Å². The number of ether oxygens (including phenoxy) is 1. The van der Waals surface area contributed by atoms with Crippen LogP contribution < -0.4 is 15.9 Å². The molecule has 1 amide bonds. The zero-order valence-electron chi connectivity index (χ0n) is 16.1. The van der Waals surface area contributed by atoms with E-state index in [2.05, 4.69) is 31.4 Å². The van der Waals surface area contributed by atoms with Crippen LogP contribution in [0.25, 0.3) is 0 Å². The number of halogens is 3. The highest BCUT2D eigenvalue weighted by atomic mass is 79.9. The summed E-state index contributed by atoms with van der Waals surface area (Å²) in [5.74, 6) is 4.81. The second-order valence-electron chi connectivity index (χ2n) is 6.46. The lowest BCUT2D eigenvalue weighted by molar-refractivity contribution is -0.113. The lowest BCUT2D eigenvalue weighted by Crippen LogP contribution is -2.18. The summed E-state index contributed by atoms with van der Waals surface area (Å²) in [5.41, 5.74) is 2.01. The largest absolute Gasteiger partial charge is 0.486 e. The van der Waals surface area contributed by atoms with Crippen molar-refractivity contribution in [2.24, 2.45) is 0 Å². The van der Waals surface area contributed by atoms with Gasteiger partial charge in [0.2, 0.25) is 11.1 Å². The second kappa shape index (κ2) is 9.43.